The summed E-state index contributed by atoms with van der Waals surface area (Å²) in [6, 6.07) is 4.30. The van der Waals surface area contributed by atoms with Crippen molar-refractivity contribution < 1.29 is 10.2 Å². The third-order valence-corrected chi connectivity index (χ3v) is 5.65. The molecule has 2 heterocycles. The number of fused-ring (bicyclic) bond motifs is 1. The molecular weight excluding hydrogens is 302 g/mol. The second-order valence-corrected chi connectivity index (χ2v) is 7.28. The van der Waals surface area contributed by atoms with E-state index in [2.05, 4.69) is 17.9 Å². The van der Waals surface area contributed by atoms with Crippen molar-refractivity contribution in [3.63, 3.8) is 0 Å². The van der Waals surface area contributed by atoms with Gasteiger partial charge in [-0.25, -0.2) is 4.98 Å². The summed E-state index contributed by atoms with van der Waals surface area (Å²) in [5.74, 6) is 0.735. The molecule has 0 aromatic carbocycles. The van der Waals surface area contributed by atoms with Gasteiger partial charge in [0.25, 0.3) is 0 Å². The van der Waals surface area contributed by atoms with Gasteiger partial charge in [0, 0.05) is 24.2 Å². The molecule has 0 radical (unpaired) electrons. The maximum Gasteiger partial charge on any atom is 0.146 e. The summed E-state index contributed by atoms with van der Waals surface area (Å²) in [5, 5.41) is 30.0. The first-order chi connectivity index (χ1) is 11.6. The Morgan fingerprint density at radius 1 is 1.42 bits per heavy atom. The van der Waals surface area contributed by atoms with E-state index >= 15 is 0 Å². The molecule has 5 nitrogen and oxygen atoms in total. The van der Waals surface area contributed by atoms with Crippen molar-refractivity contribution in [1.82, 2.24) is 4.98 Å². The number of aromatic nitrogens is 1. The van der Waals surface area contributed by atoms with Crippen LogP contribution in [-0.4, -0.2) is 41.0 Å². The van der Waals surface area contributed by atoms with E-state index in [1.165, 1.54) is 12.0 Å². The summed E-state index contributed by atoms with van der Waals surface area (Å²) < 4.78 is 0. The summed E-state index contributed by atoms with van der Waals surface area (Å²) in [5.41, 5.74) is 2.43. The molecule has 1 aromatic heterocycles. The van der Waals surface area contributed by atoms with Gasteiger partial charge in [-0.1, -0.05) is 13.3 Å². The molecule has 0 amide bonds. The molecule has 1 aliphatic carbocycles. The molecule has 3 rings (SSSR count). The van der Waals surface area contributed by atoms with Crippen LogP contribution in [-0.2, 0) is 12.8 Å². The van der Waals surface area contributed by atoms with Crippen LogP contribution in [0.3, 0.4) is 0 Å². The predicted molar refractivity (Wildman–Crippen MR) is 92.9 cm³/mol. The molecule has 1 saturated heterocycles. The van der Waals surface area contributed by atoms with Crippen molar-refractivity contribution in [3.05, 3.63) is 22.9 Å². The molecule has 2 atom stereocenters. The fourth-order valence-electron chi connectivity index (χ4n) is 4.25. The number of piperidine rings is 1. The largest absolute Gasteiger partial charge is 0.396 e. The Hall–Kier alpha value is -1.64. The first-order valence-corrected chi connectivity index (χ1v) is 9.10. The Morgan fingerprint density at radius 3 is 2.92 bits per heavy atom. The molecule has 24 heavy (non-hydrogen) atoms. The van der Waals surface area contributed by atoms with E-state index in [0.717, 1.165) is 43.6 Å². The normalized spacial score (nSPS) is 26.8. The monoisotopic (exact) mass is 329 g/mol. The Kier molecular flexibility index (Phi) is 5.07. The van der Waals surface area contributed by atoms with Gasteiger partial charge >= 0.3 is 0 Å². The van der Waals surface area contributed by atoms with E-state index in [1.54, 1.807) is 0 Å². The van der Waals surface area contributed by atoms with Crippen molar-refractivity contribution in [2.45, 2.75) is 58.0 Å². The van der Waals surface area contributed by atoms with E-state index in [4.69, 9.17) is 4.98 Å². The summed E-state index contributed by atoms with van der Waals surface area (Å²) in [6.07, 6.45) is 6.09. The highest BCUT2D eigenvalue weighted by Crippen LogP contribution is 2.37. The van der Waals surface area contributed by atoms with Crippen LogP contribution in [0, 0.1) is 16.7 Å². The first-order valence-electron chi connectivity index (χ1n) is 9.10. The molecule has 0 unspecified atom stereocenters. The van der Waals surface area contributed by atoms with Crippen LogP contribution in [0.2, 0.25) is 0 Å². The highest BCUT2D eigenvalue weighted by molar-refractivity contribution is 5.57. The third kappa shape index (κ3) is 3.01. The van der Waals surface area contributed by atoms with Gasteiger partial charge in [-0.05, 0) is 50.2 Å². The average Bonchev–Trinajstić information content (AvgIpc) is 2.62. The SMILES string of the molecule is CCC[C@@]1(CO)CN(c2nc3c(cc2C#N)CCCC3)CC[C@H]1O. The van der Waals surface area contributed by atoms with Crippen LogP contribution < -0.4 is 4.90 Å². The lowest BCUT2D eigenvalue weighted by molar-refractivity contribution is -0.0353. The summed E-state index contributed by atoms with van der Waals surface area (Å²) >= 11 is 0. The molecule has 2 aliphatic rings. The number of aryl methyl sites for hydroxylation is 2. The smallest absolute Gasteiger partial charge is 0.146 e. The number of hydrogen-bond acceptors (Lipinski definition) is 5. The molecule has 1 fully saturated rings. The lowest BCUT2D eigenvalue weighted by atomic mass is 9.74. The van der Waals surface area contributed by atoms with Crippen LogP contribution in [0.25, 0.3) is 0 Å². The van der Waals surface area contributed by atoms with Crippen molar-refractivity contribution in [3.8, 4) is 6.07 Å². The van der Waals surface area contributed by atoms with Crippen molar-refractivity contribution in [2.75, 3.05) is 24.6 Å². The fraction of sp³-hybridized carbons (Fsp3) is 0.684. The van der Waals surface area contributed by atoms with Crippen molar-refractivity contribution >= 4 is 5.82 Å². The lowest BCUT2D eigenvalue weighted by Crippen LogP contribution is -2.54. The molecule has 0 saturated carbocycles. The minimum Gasteiger partial charge on any atom is -0.396 e. The van der Waals surface area contributed by atoms with Crippen molar-refractivity contribution in [1.29, 1.82) is 5.26 Å². The Morgan fingerprint density at radius 2 is 2.21 bits per heavy atom. The van der Waals surface area contributed by atoms with E-state index in [-0.39, 0.29) is 6.61 Å². The fourth-order valence-corrected chi connectivity index (χ4v) is 4.25. The van der Waals surface area contributed by atoms with Crippen LogP contribution in [0.1, 0.15) is 55.8 Å². The zero-order chi connectivity index (χ0) is 17.2. The quantitative estimate of drug-likeness (QED) is 0.885. The molecule has 1 aliphatic heterocycles. The summed E-state index contributed by atoms with van der Waals surface area (Å²) in [7, 11) is 0. The molecular formula is C19H27N3O2. The average molecular weight is 329 g/mol. The molecule has 0 spiro atoms. The van der Waals surface area contributed by atoms with Crippen LogP contribution in [0.15, 0.2) is 6.07 Å². The number of nitriles is 1. The molecule has 130 valence electrons. The van der Waals surface area contributed by atoms with E-state index in [0.29, 0.717) is 25.1 Å². The van der Waals surface area contributed by atoms with E-state index in [9.17, 15) is 15.5 Å². The number of pyridine rings is 1. The van der Waals surface area contributed by atoms with Crippen LogP contribution >= 0.6 is 0 Å². The van der Waals surface area contributed by atoms with Crippen molar-refractivity contribution in [2.24, 2.45) is 5.41 Å². The Bertz CT molecular complexity index is 640. The Labute approximate surface area is 143 Å². The third-order valence-electron chi connectivity index (χ3n) is 5.65. The number of anilines is 1. The second-order valence-electron chi connectivity index (χ2n) is 7.28. The summed E-state index contributed by atoms with van der Waals surface area (Å²) in [6.45, 7) is 3.26. The van der Waals surface area contributed by atoms with Crippen LogP contribution in [0.4, 0.5) is 5.82 Å². The minimum absolute atomic E-state index is 0.0364. The second kappa shape index (κ2) is 7.08. The van der Waals surface area contributed by atoms with Gasteiger partial charge in [0.15, 0.2) is 0 Å². The zero-order valence-electron chi connectivity index (χ0n) is 14.5. The lowest BCUT2D eigenvalue weighted by Gasteiger charge is -2.46. The Balaban J connectivity index is 1.95. The number of nitrogens with zero attached hydrogens (tertiary/aromatic N) is 3. The maximum atomic E-state index is 10.5. The standard InChI is InChI=1S/C19H27N3O2/c1-2-8-19(13-23)12-22(9-7-17(19)24)18-15(11-20)10-14-5-3-4-6-16(14)21-18/h10,17,23-24H,2-9,12-13H2,1H3/t17-,19+/m1/s1. The number of aliphatic hydroxyl groups is 2. The highest BCUT2D eigenvalue weighted by Gasteiger charge is 2.42. The topological polar surface area (TPSA) is 80.4 Å². The summed E-state index contributed by atoms with van der Waals surface area (Å²) in [4.78, 5) is 6.94. The molecule has 1 aromatic rings. The molecule has 2 N–H and O–H groups in total. The predicted octanol–water partition coefficient (Wildman–Crippen LogP) is 2.18. The van der Waals surface area contributed by atoms with Crippen LogP contribution in [0.5, 0.6) is 0 Å². The van der Waals surface area contributed by atoms with Gasteiger partial charge in [-0.3, -0.25) is 0 Å². The number of rotatable bonds is 4. The first kappa shape index (κ1) is 17.2. The number of hydrogen-bond donors (Lipinski definition) is 2. The van der Waals surface area contributed by atoms with Gasteiger partial charge in [0.05, 0.1) is 18.3 Å². The molecule has 0 bridgehead atoms. The minimum atomic E-state index is -0.517. The van der Waals surface area contributed by atoms with Gasteiger partial charge in [0.1, 0.15) is 11.9 Å². The van der Waals surface area contributed by atoms with E-state index < -0.39 is 11.5 Å². The van der Waals surface area contributed by atoms with Gasteiger partial charge in [-0.15, -0.1) is 0 Å². The number of aliphatic hydroxyl groups excluding tert-OH is 2. The molecule has 5 heteroatoms. The zero-order valence-corrected chi connectivity index (χ0v) is 14.5. The van der Waals surface area contributed by atoms with E-state index in [1.807, 2.05) is 6.07 Å². The van der Waals surface area contributed by atoms with Gasteiger partial charge < -0.3 is 15.1 Å². The van der Waals surface area contributed by atoms with Gasteiger partial charge in [0.2, 0.25) is 0 Å². The van der Waals surface area contributed by atoms with Gasteiger partial charge in [-0.2, -0.15) is 5.26 Å². The maximum absolute atomic E-state index is 10.5. The highest BCUT2D eigenvalue weighted by atomic mass is 16.3.